The van der Waals surface area contributed by atoms with Gasteiger partial charge in [-0.05, 0) is 42.9 Å². The second-order valence-electron chi connectivity index (χ2n) is 6.84. The average Bonchev–Trinajstić information content (AvgIpc) is 2.62. The highest BCUT2D eigenvalue weighted by Gasteiger charge is 2.25. The second kappa shape index (κ2) is 7.52. The van der Waals surface area contributed by atoms with E-state index in [0.717, 1.165) is 43.6 Å². The third-order valence-electron chi connectivity index (χ3n) is 4.89. The predicted molar refractivity (Wildman–Crippen MR) is 99.5 cm³/mol. The zero-order valence-corrected chi connectivity index (χ0v) is 14.6. The van der Waals surface area contributed by atoms with Crippen LogP contribution in [0.1, 0.15) is 28.8 Å². The van der Waals surface area contributed by atoms with Crippen LogP contribution < -0.4 is 4.90 Å². The molecule has 1 amide bonds. The van der Waals surface area contributed by atoms with E-state index in [2.05, 4.69) is 30.3 Å². The fraction of sp³-hybridized carbons (Fsp3) is 0.381. The van der Waals surface area contributed by atoms with Gasteiger partial charge in [0.05, 0.1) is 5.56 Å². The molecule has 1 saturated heterocycles. The lowest BCUT2D eigenvalue weighted by Gasteiger charge is -2.33. The summed E-state index contributed by atoms with van der Waals surface area (Å²) in [7, 11) is 3.97. The molecule has 1 aliphatic rings. The van der Waals surface area contributed by atoms with Crippen molar-refractivity contribution in [2.45, 2.75) is 19.3 Å². The number of hydrogen-bond donors (Lipinski definition) is 0. The van der Waals surface area contributed by atoms with Crippen LogP contribution in [0.15, 0.2) is 54.6 Å². The smallest absolute Gasteiger partial charge is 0.255 e. The summed E-state index contributed by atoms with van der Waals surface area (Å²) in [6.45, 7) is 1.72. The highest BCUT2D eigenvalue weighted by molar-refractivity contribution is 5.99. The third-order valence-corrected chi connectivity index (χ3v) is 4.89. The van der Waals surface area contributed by atoms with E-state index in [4.69, 9.17) is 0 Å². The van der Waals surface area contributed by atoms with E-state index in [-0.39, 0.29) is 5.91 Å². The molecule has 0 N–H and O–H groups in total. The normalized spacial score (nSPS) is 15.3. The minimum Gasteiger partial charge on any atom is -0.377 e. The maximum Gasteiger partial charge on any atom is 0.255 e. The summed E-state index contributed by atoms with van der Waals surface area (Å²) in [4.78, 5) is 16.9. The van der Waals surface area contributed by atoms with Crippen molar-refractivity contribution in [3.8, 4) is 0 Å². The van der Waals surface area contributed by atoms with Crippen LogP contribution in [0.25, 0.3) is 0 Å². The van der Waals surface area contributed by atoms with Crippen LogP contribution in [-0.4, -0.2) is 38.0 Å². The molecule has 0 radical (unpaired) electrons. The zero-order chi connectivity index (χ0) is 16.9. The first-order chi connectivity index (χ1) is 11.6. The molecule has 2 aromatic rings. The molecule has 0 saturated carbocycles. The fourth-order valence-corrected chi connectivity index (χ4v) is 3.50. The van der Waals surface area contributed by atoms with E-state index >= 15 is 0 Å². The van der Waals surface area contributed by atoms with Gasteiger partial charge in [0.25, 0.3) is 5.91 Å². The van der Waals surface area contributed by atoms with Crippen molar-refractivity contribution in [1.82, 2.24) is 4.90 Å². The molecule has 3 rings (SSSR count). The van der Waals surface area contributed by atoms with Crippen molar-refractivity contribution in [3.05, 3.63) is 65.7 Å². The van der Waals surface area contributed by atoms with Crippen LogP contribution in [0.4, 0.5) is 5.69 Å². The van der Waals surface area contributed by atoms with Gasteiger partial charge in [-0.3, -0.25) is 4.79 Å². The maximum atomic E-state index is 12.9. The van der Waals surface area contributed by atoms with E-state index in [1.807, 2.05) is 48.2 Å². The number of carbonyl (C=O) groups is 1. The van der Waals surface area contributed by atoms with Crippen molar-refractivity contribution < 1.29 is 4.79 Å². The van der Waals surface area contributed by atoms with Gasteiger partial charge in [0.1, 0.15) is 0 Å². The summed E-state index contributed by atoms with van der Waals surface area (Å²) < 4.78 is 0. The van der Waals surface area contributed by atoms with Crippen molar-refractivity contribution in [1.29, 1.82) is 0 Å². The molecule has 24 heavy (non-hydrogen) atoms. The molecule has 0 atom stereocenters. The van der Waals surface area contributed by atoms with E-state index < -0.39 is 0 Å². The van der Waals surface area contributed by atoms with Gasteiger partial charge in [0.15, 0.2) is 0 Å². The molecule has 1 fully saturated rings. The SMILES string of the molecule is CN(C)c1ccccc1C(=O)N1CCC(Cc2ccccc2)CC1. The fourth-order valence-electron chi connectivity index (χ4n) is 3.50. The summed E-state index contributed by atoms with van der Waals surface area (Å²) in [5.74, 6) is 0.845. The minimum atomic E-state index is 0.164. The number of anilines is 1. The highest BCUT2D eigenvalue weighted by Crippen LogP contribution is 2.25. The maximum absolute atomic E-state index is 12.9. The Morgan fingerprint density at radius 1 is 1.00 bits per heavy atom. The Bertz CT molecular complexity index is 673. The van der Waals surface area contributed by atoms with Gasteiger partial charge in [-0.2, -0.15) is 0 Å². The van der Waals surface area contributed by atoms with E-state index in [0.29, 0.717) is 5.92 Å². The number of amides is 1. The molecule has 0 aliphatic carbocycles. The van der Waals surface area contributed by atoms with Gasteiger partial charge in [-0.25, -0.2) is 0 Å². The quantitative estimate of drug-likeness (QED) is 0.853. The van der Waals surface area contributed by atoms with Crippen LogP contribution in [0.3, 0.4) is 0 Å². The molecule has 1 aliphatic heterocycles. The lowest BCUT2D eigenvalue weighted by atomic mass is 9.90. The molecule has 1 heterocycles. The molecule has 0 bridgehead atoms. The lowest BCUT2D eigenvalue weighted by Crippen LogP contribution is -2.39. The first-order valence-electron chi connectivity index (χ1n) is 8.74. The Labute approximate surface area is 144 Å². The molecular weight excluding hydrogens is 296 g/mol. The highest BCUT2D eigenvalue weighted by atomic mass is 16.2. The molecular formula is C21H26N2O. The number of para-hydroxylation sites is 1. The predicted octanol–water partition coefficient (Wildman–Crippen LogP) is 3.85. The number of rotatable bonds is 4. The first-order valence-corrected chi connectivity index (χ1v) is 8.74. The molecule has 3 heteroatoms. The van der Waals surface area contributed by atoms with Crippen LogP contribution in [0.5, 0.6) is 0 Å². The number of likely N-dealkylation sites (tertiary alicyclic amines) is 1. The van der Waals surface area contributed by atoms with Crippen LogP contribution in [0, 0.1) is 5.92 Å². The molecule has 126 valence electrons. The summed E-state index contributed by atoms with van der Waals surface area (Å²) in [5.41, 5.74) is 3.21. The van der Waals surface area contributed by atoms with E-state index in [1.54, 1.807) is 0 Å². The monoisotopic (exact) mass is 322 g/mol. The topological polar surface area (TPSA) is 23.6 Å². The second-order valence-corrected chi connectivity index (χ2v) is 6.84. The Kier molecular flexibility index (Phi) is 5.19. The lowest BCUT2D eigenvalue weighted by molar-refractivity contribution is 0.0691. The van der Waals surface area contributed by atoms with Crippen LogP contribution in [0.2, 0.25) is 0 Å². The number of carbonyl (C=O) groups excluding carboxylic acids is 1. The van der Waals surface area contributed by atoms with Crippen molar-refractivity contribution in [2.75, 3.05) is 32.1 Å². The van der Waals surface area contributed by atoms with Crippen LogP contribution in [-0.2, 0) is 6.42 Å². The Morgan fingerprint density at radius 3 is 2.29 bits per heavy atom. The summed E-state index contributed by atoms with van der Waals surface area (Å²) >= 11 is 0. The van der Waals surface area contributed by atoms with Crippen molar-refractivity contribution >= 4 is 11.6 Å². The first kappa shape index (κ1) is 16.6. The van der Waals surface area contributed by atoms with Crippen molar-refractivity contribution in [3.63, 3.8) is 0 Å². The third kappa shape index (κ3) is 3.78. The Morgan fingerprint density at radius 2 is 1.62 bits per heavy atom. The minimum absolute atomic E-state index is 0.164. The standard InChI is InChI=1S/C21H26N2O/c1-22(2)20-11-7-6-10-19(20)21(24)23-14-12-18(13-15-23)16-17-8-4-3-5-9-17/h3-11,18H,12-16H2,1-2H3. The van der Waals surface area contributed by atoms with Crippen LogP contribution >= 0.6 is 0 Å². The average molecular weight is 322 g/mol. The molecule has 2 aromatic carbocycles. The molecule has 3 nitrogen and oxygen atoms in total. The van der Waals surface area contributed by atoms with Crippen molar-refractivity contribution in [2.24, 2.45) is 5.92 Å². The largest absolute Gasteiger partial charge is 0.377 e. The number of hydrogen-bond acceptors (Lipinski definition) is 2. The van der Waals surface area contributed by atoms with Gasteiger partial charge in [0, 0.05) is 32.9 Å². The summed E-state index contributed by atoms with van der Waals surface area (Å²) in [6.07, 6.45) is 3.30. The summed E-state index contributed by atoms with van der Waals surface area (Å²) in [5, 5.41) is 0. The number of benzene rings is 2. The number of nitrogens with zero attached hydrogens (tertiary/aromatic N) is 2. The summed E-state index contributed by atoms with van der Waals surface area (Å²) in [6, 6.07) is 18.5. The van der Waals surface area contributed by atoms with E-state index in [1.165, 1.54) is 5.56 Å². The van der Waals surface area contributed by atoms with Gasteiger partial charge in [-0.1, -0.05) is 42.5 Å². The van der Waals surface area contributed by atoms with Gasteiger partial charge >= 0.3 is 0 Å². The number of piperidine rings is 1. The molecule has 0 spiro atoms. The van der Waals surface area contributed by atoms with Gasteiger partial charge in [0.2, 0.25) is 0 Å². The van der Waals surface area contributed by atoms with Gasteiger partial charge < -0.3 is 9.80 Å². The zero-order valence-electron chi connectivity index (χ0n) is 14.6. The van der Waals surface area contributed by atoms with Gasteiger partial charge in [-0.15, -0.1) is 0 Å². The van der Waals surface area contributed by atoms with E-state index in [9.17, 15) is 4.79 Å². The molecule has 0 aromatic heterocycles. The molecule has 0 unspecified atom stereocenters. The Balaban J connectivity index is 1.61. The Hall–Kier alpha value is -2.29.